The molecule has 0 unspecified atom stereocenters. The average molecular weight is 201 g/mol. The predicted octanol–water partition coefficient (Wildman–Crippen LogP) is 2.05. The quantitative estimate of drug-likeness (QED) is 0.550. The first-order valence-electron chi connectivity index (χ1n) is 4.28. The molecule has 0 aromatic carbocycles. The highest BCUT2D eigenvalue weighted by molar-refractivity contribution is 5.61. The van der Waals surface area contributed by atoms with E-state index in [0.717, 1.165) is 11.1 Å². The first kappa shape index (κ1) is 9.26. The lowest BCUT2D eigenvalue weighted by Crippen LogP contribution is -1.91. The maximum atomic E-state index is 10.4. The molecule has 2 rings (SSSR count). The minimum Gasteiger partial charge on any atom is -0.358 e. The van der Waals surface area contributed by atoms with Crippen molar-refractivity contribution < 1.29 is 4.92 Å². The van der Waals surface area contributed by atoms with E-state index in [0.29, 0.717) is 0 Å². The minimum absolute atomic E-state index is 0.150. The number of nitro groups is 1. The fraction of sp³-hybridized carbons (Fsp3) is 0. The third-order valence-electron chi connectivity index (χ3n) is 1.93. The molecule has 74 valence electrons. The van der Waals surface area contributed by atoms with Crippen molar-refractivity contribution in [2.24, 2.45) is 0 Å². The van der Waals surface area contributed by atoms with Gasteiger partial charge in [-0.3, -0.25) is 4.98 Å². The van der Waals surface area contributed by atoms with Crippen LogP contribution in [-0.2, 0) is 0 Å². The number of hydrogen-bond donors (Lipinski definition) is 0. The normalized spacial score (nSPS) is 9.87. The third kappa shape index (κ3) is 1.96. The molecule has 0 spiro atoms. The predicted molar refractivity (Wildman–Crippen MR) is 54.1 cm³/mol. The van der Waals surface area contributed by atoms with E-state index in [1.165, 1.54) is 12.3 Å². The van der Waals surface area contributed by atoms with Crippen molar-refractivity contribution in [1.82, 2.24) is 9.97 Å². The van der Waals surface area contributed by atoms with Gasteiger partial charge in [0, 0.05) is 29.6 Å². The molecule has 2 aromatic heterocycles. The van der Waals surface area contributed by atoms with E-state index in [9.17, 15) is 10.1 Å². The molecule has 0 radical (unpaired) electrons. The third-order valence-corrected chi connectivity index (χ3v) is 1.93. The van der Waals surface area contributed by atoms with Crippen molar-refractivity contribution in [1.29, 1.82) is 0 Å². The van der Waals surface area contributed by atoms with Crippen LogP contribution in [0.25, 0.3) is 11.1 Å². The molecule has 0 aliphatic heterocycles. The molecular formula is C10H7N3O2. The highest BCUT2D eigenvalue weighted by Crippen LogP contribution is 2.18. The average Bonchev–Trinajstić information content (AvgIpc) is 2.30. The lowest BCUT2D eigenvalue weighted by molar-refractivity contribution is -0.389. The molecule has 5 nitrogen and oxygen atoms in total. The largest absolute Gasteiger partial charge is 0.363 e. The maximum Gasteiger partial charge on any atom is 0.363 e. The Bertz CT molecular complexity index is 468. The van der Waals surface area contributed by atoms with Crippen molar-refractivity contribution in [3.63, 3.8) is 0 Å². The number of nitrogens with zero attached hydrogens (tertiary/aromatic N) is 3. The molecule has 0 N–H and O–H groups in total. The van der Waals surface area contributed by atoms with Crippen LogP contribution in [0.4, 0.5) is 5.82 Å². The molecule has 0 amide bonds. The monoisotopic (exact) mass is 201 g/mol. The Morgan fingerprint density at radius 1 is 1.13 bits per heavy atom. The highest BCUT2D eigenvalue weighted by Gasteiger charge is 2.06. The van der Waals surface area contributed by atoms with Crippen molar-refractivity contribution in [2.45, 2.75) is 0 Å². The summed E-state index contributed by atoms with van der Waals surface area (Å²) in [4.78, 5) is 17.5. The molecule has 15 heavy (non-hydrogen) atoms. The second-order valence-electron chi connectivity index (χ2n) is 2.90. The van der Waals surface area contributed by atoms with Crippen molar-refractivity contribution in [3.8, 4) is 11.1 Å². The zero-order valence-electron chi connectivity index (χ0n) is 7.70. The first-order chi connectivity index (χ1) is 7.27. The van der Waals surface area contributed by atoms with Gasteiger partial charge in [0.1, 0.15) is 6.20 Å². The lowest BCUT2D eigenvalue weighted by Gasteiger charge is -1.97. The van der Waals surface area contributed by atoms with Crippen LogP contribution >= 0.6 is 0 Å². The second-order valence-corrected chi connectivity index (χ2v) is 2.90. The van der Waals surface area contributed by atoms with E-state index in [4.69, 9.17) is 0 Å². The van der Waals surface area contributed by atoms with Crippen molar-refractivity contribution >= 4 is 5.82 Å². The number of hydrogen-bond acceptors (Lipinski definition) is 4. The molecule has 0 saturated carbocycles. The molecule has 0 aliphatic carbocycles. The number of pyridine rings is 2. The topological polar surface area (TPSA) is 68.9 Å². The van der Waals surface area contributed by atoms with Crippen LogP contribution in [-0.4, -0.2) is 14.9 Å². The van der Waals surface area contributed by atoms with Gasteiger partial charge in [0.15, 0.2) is 0 Å². The van der Waals surface area contributed by atoms with Crippen LogP contribution in [0.15, 0.2) is 42.9 Å². The molecule has 2 aromatic rings. The van der Waals surface area contributed by atoms with Crippen LogP contribution in [0.1, 0.15) is 0 Å². The van der Waals surface area contributed by atoms with E-state index in [1.54, 1.807) is 24.5 Å². The summed E-state index contributed by atoms with van der Waals surface area (Å²) >= 11 is 0. The fourth-order valence-electron chi connectivity index (χ4n) is 1.20. The van der Waals surface area contributed by atoms with Gasteiger partial charge in [-0.15, -0.1) is 0 Å². The fourth-order valence-corrected chi connectivity index (χ4v) is 1.20. The van der Waals surface area contributed by atoms with Crippen molar-refractivity contribution in [2.75, 3.05) is 0 Å². The Balaban J connectivity index is 2.36. The lowest BCUT2D eigenvalue weighted by atomic mass is 10.1. The summed E-state index contributed by atoms with van der Waals surface area (Å²) in [5, 5.41) is 10.4. The standard InChI is InChI=1S/C10H7N3O2/c14-13(15)10-4-3-9(7-12-10)8-2-1-5-11-6-8/h1-7H. The summed E-state index contributed by atoms with van der Waals surface area (Å²) in [6.07, 6.45) is 4.82. The van der Waals surface area contributed by atoms with E-state index < -0.39 is 4.92 Å². The first-order valence-corrected chi connectivity index (χ1v) is 4.28. The Morgan fingerprint density at radius 2 is 1.93 bits per heavy atom. The van der Waals surface area contributed by atoms with Gasteiger partial charge in [-0.2, -0.15) is 0 Å². The van der Waals surface area contributed by atoms with Crippen LogP contribution in [0.2, 0.25) is 0 Å². The van der Waals surface area contributed by atoms with Gasteiger partial charge in [-0.25, -0.2) is 0 Å². The Labute approximate surface area is 85.6 Å². The van der Waals surface area contributed by atoms with Crippen LogP contribution < -0.4 is 0 Å². The van der Waals surface area contributed by atoms with E-state index >= 15 is 0 Å². The summed E-state index contributed by atoms with van der Waals surface area (Å²) in [6, 6.07) is 6.71. The van der Waals surface area contributed by atoms with Crippen LogP contribution in [0.3, 0.4) is 0 Å². The van der Waals surface area contributed by atoms with Gasteiger partial charge in [0.05, 0.1) is 0 Å². The van der Waals surface area contributed by atoms with Gasteiger partial charge in [-0.1, -0.05) is 6.07 Å². The summed E-state index contributed by atoms with van der Waals surface area (Å²) in [5.74, 6) is -0.150. The summed E-state index contributed by atoms with van der Waals surface area (Å²) in [7, 11) is 0. The zero-order chi connectivity index (χ0) is 10.7. The molecule has 0 fully saturated rings. The van der Waals surface area contributed by atoms with Gasteiger partial charge >= 0.3 is 5.82 Å². The smallest absolute Gasteiger partial charge is 0.358 e. The van der Waals surface area contributed by atoms with Gasteiger partial charge in [0.2, 0.25) is 0 Å². The molecule has 0 bridgehead atoms. The Kier molecular flexibility index (Phi) is 2.37. The van der Waals surface area contributed by atoms with Crippen LogP contribution in [0, 0.1) is 10.1 Å². The summed E-state index contributed by atoms with van der Waals surface area (Å²) in [6.45, 7) is 0. The van der Waals surface area contributed by atoms with E-state index in [-0.39, 0.29) is 5.82 Å². The zero-order valence-corrected chi connectivity index (χ0v) is 7.70. The van der Waals surface area contributed by atoms with Gasteiger partial charge in [-0.05, 0) is 22.0 Å². The SMILES string of the molecule is O=[N+]([O-])c1ccc(-c2cccnc2)cn1. The van der Waals surface area contributed by atoms with Crippen LogP contribution in [0.5, 0.6) is 0 Å². The summed E-state index contributed by atoms with van der Waals surface area (Å²) < 4.78 is 0. The van der Waals surface area contributed by atoms with Crippen molar-refractivity contribution in [3.05, 3.63) is 53.0 Å². The molecule has 2 heterocycles. The minimum atomic E-state index is -0.521. The number of rotatable bonds is 2. The second kappa shape index (κ2) is 3.83. The van der Waals surface area contributed by atoms with Gasteiger partial charge < -0.3 is 10.1 Å². The Hall–Kier alpha value is -2.30. The molecular weight excluding hydrogens is 194 g/mol. The Morgan fingerprint density at radius 3 is 2.47 bits per heavy atom. The van der Waals surface area contributed by atoms with Gasteiger partial charge in [0.25, 0.3) is 0 Å². The molecule has 5 heteroatoms. The van der Waals surface area contributed by atoms with E-state index in [2.05, 4.69) is 9.97 Å². The number of aromatic nitrogens is 2. The highest BCUT2D eigenvalue weighted by atomic mass is 16.6. The molecule has 0 atom stereocenters. The summed E-state index contributed by atoms with van der Waals surface area (Å²) in [5.41, 5.74) is 1.70. The maximum absolute atomic E-state index is 10.4. The molecule has 0 saturated heterocycles. The van der Waals surface area contributed by atoms with E-state index in [1.807, 2.05) is 6.07 Å². The molecule has 0 aliphatic rings.